The Morgan fingerprint density at radius 3 is 1.49 bits per heavy atom. The smallest absolute Gasteiger partial charge is 0.360 e. The van der Waals surface area contributed by atoms with Gasteiger partial charge in [-0.3, -0.25) is 19.2 Å². The van der Waals surface area contributed by atoms with Crippen LogP contribution in [0.5, 0.6) is 11.5 Å². The maximum Gasteiger partial charge on any atom is 0.360 e. The number of unbranched alkanes of at least 4 members (excludes halogenated alkanes) is 2. The van der Waals surface area contributed by atoms with E-state index in [0.29, 0.717) is 66.7 Å². The van der Waals surface area contributed by atoms with E-state index in [1.54, 1.807) is 50.0 Å². The molecule has 384 valence electrons. The van der Waals surface area contributed by atoms with Gasteiger partial charge in [0.05, 0.1) is 24.6 Å². The molecule has 2 atom stereocenters. The molecule has 0 aromatic heterocycles. The van der Waals surface area contributed by atoms with Gasteiger partial charge in [0, 0.05) is 75.8 Å². The fourth-order valence-corrected chi connectivity index (χ4v) is 10.3. The van der Waals surface area contributed by atoms with Gasteiger partial charge in [0.2, 0.25) is 5.60 Å². The molecular formula is C54H82N4O11. The lowest BCUT2D eigenvalue weighted by Gasteiger charge is -2.41. The Morgan fingerprint density at radius 2 is 1.10 bits per heavy atom. The van der Waals surface area contributed by atoms with Gasteiger partial charge in [0.15, 0.2) is 0 Å². The van der Waals surface area contributed by atoms with Crippen LogP contribution in [0.25, 0.3) is 0 Å². The Kier molecular flexibility index (Phi) is 19.9. The number of carbonyl (C=O) groups excluding carboxylic acids is 5. The third kappa shape index (κ3) is 12.6. The zero-order chi connectivity index (χ0) is 50.6. The van der Waals surface area contributed by atoms with Gasteiger partial charge in [-0.25, -0.2) is 4.79 Å². The van der Waals surface area contributed by atoms with E-state index in [0.717, 1.165) is 81.8 Å². The number of nitrogens with zero attached hydrogens (tertiary/aromatic N) is 4. The number of hydrogen-bond donors (Lipinski definition) is 1. The van der Waals surface area contributed by atoms with Crippen molar-refractivity contribution >= 4 is 41.0 Å². The number of aryl methyl sites for hydroxylation is 2. The van der Waals surface area contributed by atoms with E-state index in [1.165, 1.54) is 19.8 Å². The van der Waals surface area contributed by atoms with Crippen molar-refractivity contribution in [3.63, 3.8) is 0 Å². The molecule has 2 aliphatic carbocycles. The molecule has 0 spiro atoms. The summed E-state index contributed by atoms with van der Waals surface area (Å²) >= 11 is 0. The standard InChI is InChI=1S/C28H42N2O6.C26H40N2O5/c1-7-35-27(33)28(5)26(32)29(15-11-12-16-34-6)23-18-22(20(4)17-24(23)36-28)25(31)30(19(2)3)21-13-9-8-10-14-21;1-18(2)28(20-11-7-6-8-12-20)24(30)21-16-22-23(15-19(21)3)33-26(4,17-29)25(31)27(22)13-9-10-14-32-5/h17-19,21H,7-16H2,1-6H3;15-16,18,20,29H,6-14,17H2,1-5H3. The summed E-state index contributed by atoms with van der Waals surface area (Å²) in [5.74, 6) is -0.572. The lowest BCUT2D eigenvalue weighted by atomic mass is 9.92. The molecule has 2 unspecified atom stereocenters. The highest BCUT2D eigenvalue weighted by atomic mass is 16.6. The van der Waals surface area contributed by atoms with E-state index < -0.39 is 29.7 Å². The second-order valence-corrected chi connectivity index (χ2v) is 20.1. The Labute approximate surface area is 411 Å². The highest BCUT2D eigenvalue weighted by Gasteiger charge is 2.52. The van der Waals surface area contributed by atoms with Crippen LogP contribution in [-0.4, -0.2) is 134 Å². The molecule has 0 saturated heterocycles. The molecule has 4 aliphatic rings. The van der Waals surface area contributed by atoms with Gasteiger partial charge in [0.25, 0.3) is 29.2 Å². The topological polar surface area (TPSA) is 165 Å². The number of amides is 4. The first-order valence-electron chi connectivity index (χ1n) is 25.6. The van der Waals surface area contributed by atoms with Gasteiger partial charge in [-0.1, -0.05) is 38.5 Å². The molecule has 15 nitrogen and oxygen atoms in total. The van der Waals surface area contributed by atoms with Gasteiger partial charge in [-0.2, -0.15) is 0 Å². The molecule has 2 heterocycles. The summed E-state index contributed by atoms with van der Waals surface area (Å²) in [7, 11) is 3.30. The van der Waals surface area contributed by atoms with E-state index in [4.69, 9.17) is 23.7 Å². The number of methoxy groups -OCH3 is 2. The van der Waals surface area contributed by atoms with Crippen LogP contribution in [-0.2, 0) is 28.6 Å². The maximum absolute atomic E-state index is 13.9. The molecular weight excluding hydrogens is 881 g/mol. The minimum absolute atomic E-state index is 0.0134. The maximum atomic E-state index is 13.9. The van der Waals surface area contributed by atoms with Gasteiger partial charge < -0.3 is 48.4 Å². The van der Waals surface area contributed by atoms with Crippen LogP contribution < -0.4 is 19.3 Å². The minimum Gasteiger partial charge on any atom is -0.473 e. The van der Waals surface area contributed by atoms with E-state index >= 15 is 0 Å². The number of benzene rings is 2. The number of carbonyl (C=O) groups is 5. The number of aliphatic hydroxyl groups excluding tert-OH is 1. The van der Waals surface area contributed by atoms with Crippen LogP contribution in [0, 0.1) is 13.8 Å². The number of aliphatic hydroxyl groups is 1. The average Bonchev–Trinajstić information content (AvgIpc) is 3.32. The van der Waals surface area contributed by atoms with Crippen LogP contribution in [0.2, 0.25) is 0 Å². The molecule has 2 aromatic carbocycles. The predicted octanol–water partition coefficient (Wildman–Crippen LogP) is 8.73. The minimum atomic E-state index is -1.78. The van der Waals surface area contributed by atoms with Crippen LogP contribution >= 0.6 is 0 Å². The number of fused-ring (bicyclic) bond motifs is 2. The molecule has 0 radical (unpaired) electrons. The third-order valence-electron chi connectivity index (χ3n) is 14.1. The second-order valence-electron chi connectivity index (χ2n) is 20.1. The monoisotopic (exact) mass is 963 g/mol. The number of anilines is 2. The quantitative estimate of drug-likeness (QED) is 0.0814. The normalized spacial score (nSPS) is 20.7. The number of ether oxygens (including phenoxy) is 5. The van der Waals surface area contributed by atoms with E-state index in [1.807, 2.05) is 35.8 Å². The van der Waals surface area contributed by atoms with Gasteiger partial charge >= 0.3 is 5.97 Å². The first-order valence-corrected chi connectivity index (χ1v) is 25.6. The van der Waals surface area contributed by atoms with Crippen molar-refractivity contribution in [2.24, 2.45) is 0 Å². The first kappa shape index (κ1) is 55.2. The molecule has 6 rings (SSSR count). The van der Waals surface area contributed by atoms with Crippen molar-refractivity contribution in [3.8, 4) is 11.5 Å². The summed E-state index contributed by atoms with van der Waals surface area (Å²) in [6, 6.07) is 7.82. The van der Waals surface area contributed by atoms with Crippen molar-refractivity contribution in [1.82, 2.24) is 9.80 Å². The van der Waals surface area contributed by atoms with Crippen molar-refractivity contribution in [1.29, 1.82) is 0 Å². The number of rotatable bonds is 19. The van der Waals surface area contributed by atoms with Crippen molar-refractivity contribution < 1.29 is 52.8 Å². The van der Waals surface area contributed by atoms with Crippen molar-refractivity contribution in [2.75, 3.05) is 63.5 Å². The van der Waals surface area contributed by atoms with Crippen LogP contribution in [0.15, 0.2) is 24.3 Å². The molecule has 2 aromatic rings. The Hall–Kier alpha value is -4.73. The molecule has 69 heavy (non-hydrogen) atoms. The summed E-state index contributed by atoms with van der Waals surface area (Å²) in [6.45, 7) is 18.6. The summed E-state index contributed by atoms with van der Waals surface area (Å²) < 4.78 is 27.5. The summed E-state index contributed by atoms with van der Waals surface area (Å²) in [5, 5.41) is 9.91. The number of esters is 1. The number of hydrogen-bond acceptors (Lipinski definition) is 11. The molecule has 2 fully saturated rings. The Bertz CT molecular complexity index is 2100. The Morgan fingerprint density at radius 1 is 0.681 bits per heavy atom. The van der Waals surface area contributed by atoms with E-state index in [2.05, 4.69) is 27.7 Å². The van der Waals surface area contributed by atoms with E-state index in [9.17, 15) is 29.1 Å². The fourth-order valence-electron chi connectivity index (χ4n) is 10.3. The molecule has 2 saturated carbocycles. The highest BCUT2D eigenvalue weighted by molar-refractivity contribution is 6.15. The molecule has 2 aliphatic heterocycles. The lowest BCUT2D eigenvalue weighted by molar-refractivity contribution is -0.166. The third-order valence-corrected chi connectivity index (χ3v) is 14.1. The zero-order valence-electron chi connectivity index (χ0n) is 43.6. The van der Waals surface area contributed by atoms with Gasteiger partial charge in [0.1, 0.15) is 11.5 Å². The largest absolute Gasteiger partial charge is 0.473 e. The molecule has 0 bridgehead atoms. The highest BCUT2D eigenvalue weighted by Crippen LogP contribution is 2.43. The summed E-state index contributed by atoms with van der Waals surface area (Å²) in [5.41, 5.74) is 0.733. The van der Waals surface area contributed by atoms with Crippen molar-refractivity contribution in [2.45, 2.75) is 188 Å². The van der Waals surface area contributed by atoms with E-state index in [-0.39, 0.29) is 48.5 Å². The molecule has 4 amide bonds. The molecule has 15 heteroatoms. The fraction of sp³-hybridized carbons (Fsp3) is 0.685. The second kappa shape index (κ2) is 24.9. The van der Waals surface area contributed by atoms with Crippen LogP contribution in [0.1, 0.15) is 170 Å². The van der Waals surface area contributed by atoms with Crippen LogP contribution in [0.4, 0.5) is 11.4 Å². The average molecular weight is 963 g/mol. The SMILES string of the molecule is CCOC(=O)C1(C)Oc2cc(C)c(C(=O)N(C(C)C)C3CCCCC3)cc2N(CCCCOC)C1=O.COCCCCN1C(=O)C(C)(CO)Oc2cc(C)c(C(=O)N(C(C)C)C3CCCCC3)cc21. The summed E-state index contributed by atoms with van der Waals surface area (Å²) in [6.07, 6.45) is 14.1. The van der Waals surface area contributed by atoms with Crippen LogP contribution in [0.3, 0.4) is 0 Å². The molecule has 1 N–H and O–H groups in total. The van der Waals surface area contributed by atoms with Gasteiger partial charge in [-0.15, -0.1) is 0 Å². The first-order chi connectivity index (χ1) is 32.9. The lowest BCUT2D eigenvalue weighted by Crippen LogP contribution is -2.59. The van der Waals surface area contributed by atoms with Gasteiger partial charge in [-0.05, 0) is 149 Å². The Balaban J connectivity index is 0.000000258. The summed E-state index contributed by atoms with van der Waals surface area (Å²) in [4.78, 5) is 74.6. The van der Waals surface area contributed by atoms with Crippen molar-refractivity contribution in [3.05, 3.63) is 46.5 Å². The zero-order valence-corrected chi connectivity index (χ0v) is 43.6. The predicted molar refractivity (Wildman–Crippen MR) is 267 cm³/mol.